The third-order valence-corrected chi connectivity index (χ3v) is 8.67. The molecule has 3 rings (SSSR count). The molecule has 44 heavy (non-hydrogen) atoms. The number of hydrogen-bond donors (Lipinski definition) is 1. The molecular weight excluding hydrogens is 632 g/mol. The molecule has 3 aromatic rings. The fourth-order valence-corrected chi connectivity index (χ4v) is 5.95. The van der Waals surface area contributed by atoms with E-state index < -0.39 is 0 Å². The zero-order chi connectivity index (χ0) is 30.9. The van der Waals surface area contributed by atoms with E-state index in [2.05, 4.69) is 68.2 Å². The minimum atomic E-state index is -0.185. The Bertz CT molecular complexity index is 1240. The smallest absolute Gasteiger partial charge is 0.262 e. The van der Waals surface area contributed by atoms with E-state index >= 15 is 0 Å². The molecular formula is C37H55BrN2O3S. The highest BCUT2D eigenvalue weighted by molar-refractivity contribution is 7.09. The van der Waals surface area contributed by atoms with E-state index in [1.807, 2.05) is 30.3 Å². The number of amides is 1. The summed E-state index contributed by atoms with van der Waals surface area (Å²) in [6.45, 7) is 12.4. The van der Waals surface area contributed by atoms with Crippen molar-refractivity contribution in [3.8, 4) is 11.5 Å². The maximum absolute atomic E-state index is 12.7. The number of halogens is 1. The molecule has 1 heterocycles. The van der Waals surface area contributed by atoms with Crippen LogP contribution >= 0.6 is 11.3 Å². The van der Waals surface area contributed by atoms with Crippen molar-refractivity contribution in [3.05, 3.63) is 70.2 Å². The van der Waals surface area contributed by atoms with Gasteiger partial charge in [-0.1, -0.05) is 128 Å². The van der Waals surface area contributed by atoms with Crippen LogP contribution in [0.5, 0.6) is 11.5 Å². The van der Waals surface area contributed by atoms with Crippen molar-refractivity contribution >= 4 is 22.9 Å². The highest BCUT2D eigenvalue weighted by Crippen LogP contribution is 2.34. The van der Waals surface area contributed by atoms with Crippen molar-refractivity contribution in [1.82, 2.24) is 0 Å². The van der Waals surface area contributed by atoms with Crippen molar-refractivity contribution in [3.63, 3.8) is 0 Å². The molecule has 0 saturated carbocycles. The number of anilines is 1. The molecule has 7 heteroatoms. The number of unbranched alkanes of at least 4 members (excludes halogenated alkanes) is 11. The lowest BCUT2D eigenvalue weighted by Crippen LogP contribution is -3.00. The molecule has 0 spiro atoms. The first-order valence-corrected chi connectivity index (χ1v) is 17.4. The number of thiazole rings is 1. The molecule has 0 bridgehead atoms. The van der Waals surface area contributed by atoms with Gasteiger partial charge in [0.05, 0.1) is 12.0 Å². The molecule has 0 saturated heterocycles. The van der Waals surface area contributed by atoms with Gasteiger partial charge >= 0.3 is 0 Å². The second kappa shape index (κ2) is 20.6. The number of hydrogen-bond acceptors (Lipinski definition) is 4. The first-order chi connectivity index (χ1) is 20.8. The van der Waals surface area contributed by atoms with Gasteiger partial charge in [0.15, 0.2) is 19.3 Å². The molecule has 0 aliphatic rings. The van der Waals surface area contributed by atoms with E-state index in [0.29, 0.717) is 12.4 Å². The molecule has 0 aliphatic carbocycles. The Labute approximate surface area is 281 Å². The third kappa shape index (κ3) is 14.2. The largest absolute Gasteiger partial charge is 1.00 e. The average Bonchev–Trinajstić information content (AvgIpc) is 3.37. The SMILES string of the molecule is CCCCCCCCCCCCCCOc1cc(OCC(=O)Nc2cccc(C[n+]3ccsc3C)c2)ccc1C(C)(C)C.[Br-]. The highest BCUT2D eigenvalue weighted by atomic mass is 79.9. The fourth-order valence-electron chi connectivity index (χ4n) is 5.29. The molecule has 244 valence electrons. The fraction of sp³-hybridized carbons (Fsp3) is 0.568. The van der Waals surface area contributed by atoms with Gasteiger partial charge in [-0.25, -0.2) is 0 Å². The van der Waals surface area contributed by atoms with Crippen LogP contribution in [0.15, 0.2) is 54.0 Å². The summed E-state index contributed by atoms with van der Waals surface area (Å²) in [5.41, 5.74) is 3.01. The minimum Gasteiger partial charge on any atom is -1.00 e. The molecule has 2 aromatic carbocycles. The summed E-state index contributed by atoms with van der Waals surface area (Å²) in [7, 11) is 0. The number of aryl methyl sites for hydroxylation is 1. The van der Waals surface area contributed by atoms with Crippen molar-refractivity contribution in [2.75, 3.05) is 18.5 Å². The number of nitrogens with zero attached hydrogens (tertiary/aromatic N) is 1. The predicted octanol–water partition coefficient (Wildman–Crippen LogP) is 6.79. The standard InChI is InChI=1S/C37H54N2O3S.BrH/c1-6-7-8-9-10-11-12-13-14-15-16-17-24-41-35-27-33(21-22-34(35)37(3,4)5)42-29-36(40)38-32-20-18-19-31(26-32)28-39-23-25-43-30(39)2;/h18-23,25-27H,6-17,24,28-29H2,1-5H3;1H. The van der Waals surface area contributed by atoms with E-state index in [0.717, 1.165) is 35.5 Å². The van der Waals surface area contributed by atoms with Gasteiger partial charge in [-0.2, -0.15) is 4.57 Å². The summed E-state index contributed by atoms with van der Waals surface area (Å²) >= 11 is 1.73. The van der Waals surface area contributed by atoms with E-state index in [1.165, 1.54) is 75.6 Å². The van der Waals surface area contributed by atoms with E-state index in [4.69, 9.17) is 9.47 Å². The number of nitrogens with one attached hydrogen (secondary N) is 1. The maximum Gasteiger partial charge on any atom is 0.262 e. The van der Waals surface area contributed by atoms with Gasteiger partial charge in [0.1, 0.15) is 11.5 Å². The molecule has 1 amide bonds. The van der Waals surface area contributed by atoms with Crippen molar-refractivity contribution in [2.24, 2.45) is 0 Å². The molecule has 5 nitrogen and oxygen atoms in total. The van der Waals surface area contributed by atoms with Gasteiger partial charge < -0.3 is 31.8 Å². The lowest BCUT2D eigenvalue weighted by molar-refractivity contribution is -0.689. The van der Waals surface area contributed by atoms with Crippen LogP contribution in [0, 0.1) is 6.92 Å². The van der Waals surface area contributed by atoms with Crippen LogP contribution in [0.4, 0.5) is 5.69 Å². The van der Waals surface area contributed by atoms with E-state index in [9.17, 15) is 4.79 Å². The molecule has 0 fully saturated rings. The van der Waals surface area contributed by atoms with Crippen LogP contribution in [-0.4, -0.2) is 19.1 Å². The van der Waals surface area contributed by atoms with Crippen molar-refractivity contribution in [1.29, 1.82) is 0 Å². The van der Waals surface area contributed by atoms with Gasteiger partial charge in [-0.3, -0.25) is 4.79 Å². The first kappa shape index (κ1) is 37.8. The van der Waals surface area contributed by atoms with Gasteiger partial charge in [-0.15, -0.1) is 0 Å². The summed E-state index contributed by atoms with van der Waals surface area (Å²) < 4.78 is 14.4. The number of carbonyl (C=O) groups excluding carboxylic acids is 1. The lowest BCUT2D eigenvalue weighted by Gasteiger charge is -2.23. The molecule has 1 aromatic heterocycles. The summed E-state index contributed by atoms with van der Waals surface area (Å²) in [6, 6.07) is 13.9. The topological polar surface area (TPSA) is 51.4 Å². The lowest BCUT2D eigenvalue weighted by atomic mass is 9.86. The highest BCUT2D eigenvalue weighted by Gasteiger charge is 2.20. The Morgan fingerprint density at radius 3 is 2.14 bits per heavy atom. The quantitative estimate of drug-likeness (QED) is 0.105. The molecule has 0 atom stereocenters. The van der Waals surface area contributed by atoms with E-state index in [1.54, 1.807) is 11.3 Å². The molecule has 0 unspecified atom stereocenters. The Morgan fingerprint density at radius 1 is 0.864 bits per heavy atom. The summed E-state index contributed by atoms with van der Waals surface area (Å²) in [5, 5.41) is 6.31. The second-order valence-corrected chi connectivity index (χ2v) is 13.8. The summed E-state index contributed by atoms with van der Waals surface area (Å²) in [6.07, 6.45) is 18.0. The second-order valence-electron chi connectivity index (χ2n) is 12.7. The van der Waals surface area contributed by atoms with Crippen LogP contribution < -0.4 is 36.3 Å². The minimum absolute atomic E-state index is 0. The summed E-state index contributed by atoms with van der Waals surface area (Å²) in [5.74, 6) is 1.31. The monoisotopic (exact) mass is 686 g/mol. The molecule has 0 radical (unpaired) electrons. The van der Waals surface area contributed by atoms with Crippen LogP contribution in [0.2, 0.25) is 0 Å². The number of rotatable bonds is 20. The van der Waals surface area contributed by atoms with E-state index in [-0.39, 0.29) is 34.9 Å². The number of ether oxygens (including phenoxy) is 2. The predicted molar refractivity (Wildman–Crippen MR) is 181 cm³/mol. The number of carbonyl (C=O) groups is 1. The van der Waals surface area contributed by atoms with Crippen molar-refractivity contribution in [2.45, 2.75) is 124 Å². The zero-order valence-electron chi connectivity index (χ0n) is 27.8. The molecule has 0 aliphatic heterocycles. The number of aromatic nitrogens is 1. The van der Waals surface area contributed by atoms with Gasteiger partial charge in [0, 0.05) is 24.2 Å². The Balaban J connectivity index is 0.00000675. The van der Waals surface area contributed by atoms with Gasteiger partial charge in [0.2, 0.25) is 5.01 Å². The van der Waals surface area contributed by atoms with Crippen LogP contribution in [0.1, 0.15) is 121 Å². The average molecular weight is 688 g/mol. The normalized spacial score (nSPS) is 11.2. The van der Waals surface area contributed by atoms with Gasteiger partial charge in [0.25, 0.3) is 5.91 Å². The maximum atomic E-state index is 12.7. The third-order valence-electron chi connectivity index (χ3n) is 7.83. The van der Waals surface area contributed by atoms with Gasteiger partial charge in [-0.05, 0) is 35.6 Å². The van der Waals surface area contributed by atoms with Crippen molar-refractivity contribution < 1.29 is 35.8 Å². The first-order valence-electron chi connectivity index (χ1n) is 16.5. The van der Waals surface area contributed by atoms with Crippen LogP contribution in [0.3, 0.4) is 0 Å². The zero-order valence-corrected chi connectivity index (χ0v) is 30.2. The molecule has 1 N–H and O–H groups in total. The Morgan fingerprint density at radius 2 is 1.52 bits per heavy atom. The Kier molecular flexibility index (Phi) is 17.7. The van der Waals surface area contributed by atoms with Crippen LogP contribution in [0.25, 0.3) is 0 Å². The Hall–Kier alpha value is -2.38. The summed E-state index contributed by atoms with van der Waals surface area (Å²) in [4.78, 5) is 12.7. The van der Waals surface area contributed by atoms with Crippen LogP contribution in [-0.2, 0) is 16.8 Å². The number of benzene rings is 2.